The first kappa shape index (κ1) is 17.7. The van der Waals surface area contributed by atoms with Crippen LogP contribution in [0.3, 0.4) is 0 Å². The van der Waals surface area contributed by atoms with E-state index in [-0.39, 0.29) is 10.8 Å². The first-order valence-corrected chi connectivity index (χ1v) is 8.87. The minimum Gasteiger partial charge on any atom is -0.352 e. The summed E-state index contributed by atoms with van der Waals surface area (Å²) in [6, 6.07) is 6.11. The molecule has 5 nitrogen and oxygen atoms in total. The summed E-state index contributed by atoms with van der Waals surface area (Å²) in [6.07, 6.45) is 3.80. The Balaban J connectivity index is 2.74. The van der Waals surface area contributed by atoms with Gasteiger partial charge in [-0.1, -0.05) is 32.8 Å². The summed E-state index contributed by atoms with van der Waals surface area (Å²) in [7, 11) is -3.54. The van der Waals surface area contributed by atoms with E-state index in [4.69, 9.17) is 0 Å². The largest absolute Gasteiger partial charge is 0.352 e. The molecular formula is C15H24N2O3S. The van der Waals surface area contributed by atoms with Gasteiger partial charge in [-0.3, -0.25) is 4.79 Å². The molecule has 0 spiro atoms. The van der Waals surface area contributed by atoms with Gasteiger partial charge in [0.15, 0.2) is 0 Å². The quantitative estimate of drug-likeness (QED) is 0.687. The summed E-state index contributed by atoms with van der Waals surface area (Å²) in [4.78, 5) is 12.1. The Bertz CT molecular complexity index is 556. The summed E-state index contributed by atoms with van der Waals surface area (Å²) >= 11 is 0. The highest BCUT2D eigenvalue weighted by molar-refractivity contribution is 7.89. The SMILES string of the molecule is CCCCCNC(=O)c1cccc(S(=O)(=O)NCCC)c1. The predicted octanol–water partition coefficient (Wildman–Crippen LogP) is 2.29. The maximum absolute atomic E-state index is 12.0. The number of carbonyl (C=O) groups excluding carboxylic acids is 1. The Hall–Kier alpha value is -1.40. The van der Waals surface area contributed by atoms with E-state index in [0.717, 1.165) is 25.7 Å². The Morgan fingerprint density at radius 1 is 1.10 bits per heavy atom. The van der Waals surface area contributed by atoms with Gasteiger partial charge in [-0.25, -0.2) is 13.1 Å². The fraction of sp³-hybridized carbons (Fsp3) is 0.533. The van der Waals surface area contributed by atoms with Crippen LogP contribution in [0.1, 0.15) is 49.9 Å². The maximum atomic E-state index is 12.0. The summed E-state index contributed by atoms with van der Waals surface area (Å²) in [5.41, 5.74) is 0.367. The number of nitrogens with one attached hydrogen (secondary N) is 2. The minimum atomic E-state index is -3.54. The lowest BCUT2D eigenvalue weighted by atomic mass is 10.2. The van der Waals surface area contributed by atoms with Gasteiger partial charge in [0, 0.05) is 18.7 Å². The van der Waals surface area contributed by atoms with Gasteiger partial charge in [-0.2, -0.15) is 0 Å². The summed E-state index contributed by atoms with van der Waals surface area (Å²) in [5.74, 6) is -0.237. The number of unbranched alkanes of at least 4 members (excludes halogenated alkanes) is 2. The van der Waals surface area contributed by atoms with Gasteiger partial charge >= 0.3 is 0 Å². The molecule has 0 fully saturated rings. The molecule has 0 aromatic heterocycles. The molecule has 0 unspecified atom stereocenters. The molecule has 0 aliphatic carbocycles. The van der Waals surface area contributed by atoms with Gasteiger partial charge in [0.2, 0.25) is 10.0 Å². The van der Waals surface area contributed by atoms with Crippen LogP contribution in [-0.4, -0.2) is 27.4 Å². The number of hydrogen-bond donors (Lipinski definition) is 2. The molecule has 1 amide bonds. The van der Waals surface area contributed by atoms with Crippen molar-refractivity contribution in [3.8, 4) is 0 Å². The molecule has 118 valence electrons. The van der Waals surface area contributed by atoms with Crippen LogP contribution in [0.15, 0.2) is 29.2 Å². The van der Waals surface area contributed by atoms with Gasteiger partial charge in [-0.15, -0.1) is 0 Å². The van der Waals surface area contributed by atoms with E-state index in [1.54, 1.807) is 12.1 Å². The standard InChI is InChI=1S/C15H24N2O3S/c1-3-5-6-11-16-15(18)13-8-7-9-14(12-13)21(19,20)17-10-4-2/h7-9,12,17H,3-6,10-11H2,1-2H3,(H,16,18). The van der Waals surface area contributed by atoms with E-state index >= 15 is 0 Å². The van der Waals surface area contributed by atoms with Gasteiger partial charge in [-0.05, 0) is 31.0 Å². The second-order valence-corrected chi connectivity index (χ2v) is 6.66. The number of benzene rings is 1. The number of amides is 1. The molecule has 0 aliphatic heterocycles. The third kappa shape index (κ3) is 5.85. The third-order valence-corrected chi connectivity index (χ3v) is 4.47. The molecule has 21 heavy (non-hydrogen) atoms. The molecular weight excluding hydrogens is 288 g/mol. The summed E-state index contributed by atoms with van der Waals surface area (Å²) in [5, 5.41) is 2.80. The van der Waals surface area contributed by atoms with E-state index in [0.29, 0.717) is 18.7 Å². The van der Waals surface area contributed by atoms with Gasteiger partial charge in [0.25, 0.3) is 5.91 Å². The highest BCUT2D eigenvalue weighted by Crippen LogP contribution is 2.11. The van der Waals surface area contributed by atoms with Crippen molar-refractivity contribution in [3.63, 3.8) is 0 Å². The first-order valence-electron chi connectivity index (χ1n) is 7.39. The predicted molar refractivity (Wildman–Crippen MR) is 83.8 cm³/mol. The smallest absolute Gasteiger partial charge is 0.251 e. The second kappa shape index (κ2) is 8.79. The molecule has 0 saturated carbocycles. The lowest BCUT2D eigenvalue weighted by Crippen LogP contribution is -2.26. The molecule has 1 aromatic rings. The van der Waals surface area contributed by atoms with Crippen molar-refractivity contribution in [2.75, 3.05) is 13.1 Å². The van der Waals surface area contributed by atoms with Crippen LogP contribution >= 0.6 is 0 Å². The average molecular weight is 312 g/mol. The van der Waals surface area contributed by atoms with E-state index in [1.165, 1.54) is 12.1 Å². The Labute approximate surface area is 127 Å². The van der Waals surface area contributed by atoms with Crippen LogP contribution in [0.2, 0.25) is 0 Å². The zero-order valence-electron chi connectivity index (χ0n) is 12.7. The molecule has 1 aromatic carbocycles. The topological polar surface area (TPSA) is 75.3 Å². The molecule has 0 radical (unpaired) electrons. The van der Waals surface area contributed by atoms with Crippen molar-refractivity contribution < 1.29 is 13.2 Å². The fourth-order valence-corrected chi connectivity index (χ4v) is 2.98. The van der Waals surface area contributed by atoms with Crippen LogP contribution in [0.25, 0.3) is 0 Å². The Kier molecular flexibility index (Phi) is 7.39. The summed E-state index contributed by atoms with van der Waals surface area (Å²) in [6.45, 7) is 4.98. The molecule has 0 heterocycles. The van der Waals surface area contributed by atoms with Crippen molar-refractivity contribution in [1.29, 1.82) is 0 Å². The van der Waals surface area contributed by atoms with Crippen LogP contribution in [-0.2, 0) is 10.0 Å². The number of carbonyl (C=O) groups is 1. The molecule has 2 N–H and O–H groups in total. The maximum Gasteiger partial charge on any atom is 0.251 e. The minimum absolute atomic E-state index is 0.122. The molecule has 0 bridgehead atoms. The van der Waals surface area contributed by atoms with Crippen LogP contribution in [0.5, 0.6) is 0 Å². The van der Waals surface area contributed by atoms with E-state index in [9.17, 15) is 13.2 Å². The Morgan fingerprint density at radius 2 is 1.86 bits per heavy atom. The molecule has 1 rings (SSSR count). The van der Waals surface area contributed by atoms with Gasteiger partial charge in [0.1, 0.15) is 0 Å². The second-order valence-electron chi connectivity index (χ2n) is 4.89. The van der Waals surface area contributed by atoms with Gasteiger partial charge in [0.05, 0.1) is 4.90 Å². The first-order chi connectivity index (χ1) is 10.0. The highest BCUT2D eigenvalue weighted by Gasteiger charge is 2.15. The third-order valence-electron chi connectivity index (χ3n) is 3.01. The van der Waals surface area contributed by atoms with Crippen molar-refractivity contribution >= 4 is 15.9 Å². The normalized spacial score (nSPS) is 11.3. The van der Waals surface area contributed by atoms with E-state index in [1.807, 2.05) is 6.92 Å². The van der Waals surface area contributed by atoms with Crippen LogP contribution in [0, 0.1) is 0 Å². The zero-order chi connectivity index (χ0) is 15.7. The lowest BCUT2D eigenvalue weighted by molar-refractivity contribution is 0.0952. The summed E-state index contributed by atoms with van der Waals surface area (Å²) < 4.78 is 26.5. The monoisotopic (exact) mass is 312 g/mol. The van der Waals surface area contributed by atoms with Crippen molar-refractivity contribution in [1.82, 2.24) is 10.0 Å². The number of sulfonamides is 1. The average Bonchev–Trinajstić information content (AvgIpc) is 2.49. The molecule has 0 atom stereocenters. The van der Waals surface area contributed by atoms with Crippen molar-refractivity contribution in [3.05, 3.63) is 29.8 Å². The lowest BCUT2D eigenvalue weighted by Gasteiger charge is -2.08. The number of hydrogen-bond acceptors (Lipinski definition) is 3. The number of rotatable bonds is 9. The molecule has 0 saturated heterocycles. The van der Waals surface area contributed by atoms with Gasteiger partial charge < -0.3 is 5.32 Å². The van der Waals surface area contributed by atoms with Crippen LogP contribution in [0.4, 0.5) is 0 Å². The van der Waals surface area contributed by atoms with E-state index in [2.05, 4.69) is 17.0 Å². The molecule has 6 heteroatoms. The zero-order valence-corrected chi connectivity index (χ0v) is 13.5. The fourth-order valence-electron chi connectivity index (χ4n) is 1.80. The molecule has 0 aliphatic rings. The van der Waals surface area contributed by atoms with Crippen molar-refractivity contribution in [2.45, 2.75) is 44.4 Å². The van der Waals surface area contributed by atoms with E-state index < -0.39 is 10.0 Å². The Morgan fingerprint density at radius 3 is 2.52 bits per heavy atom. The highest BCUT2D eigenvalue weighted by atomic mass is 32.2. The van der Waals surface area contributed by atoms with Crippen molar-refractivity contribution in [2.24, 2.45) is 0 Å². The van der Waals surface area contributed by atoms with Crippen LogP contribution < -0.4 is 10.0 Å².